The van der Waals surface area contributed by atoms with Crippen LogP contribution in [-0.2, 0) is 23.7 Å². The number of ether oxygens (including phenoxy) is 5. The molecule has 16 nitrogen and oxygen atoms in total. The van der Waals surface area contributed by atoms with Gasteiger partial charge in [0.2, 0.25) is 0 Å². The minimum atomic E-state index is -2.39. The van der Waals surface area contributed by atoms with Crippen LogP contribution in [0.5, 0.6) is 0 Å². The Hall–Kier alpha value is -0.640. The molecule has 0 aromatic rings. The monoisotopic (exact) mass is 502 g/mol. The van der Waals surface area contributed by atoms with Crippen LogP contribution >= 0.6 is 0 Å². The van der Waals surface area contributed by atoms with Crippen LogP contribution in [0.2, 0.25) is 0 Å². The average molecular weight is 502 g/mol. The van der Waals surface area contributed by atoms with Crippen molar-refractivity contribution in [3.8, 4) is 0 Å². The Kier molecular flexibility index (Phi) is 9.02. The quantitative estimate of drug-likeness (QED) is 0.154. The highest BCUT2D eigenvalue weighted by molar-refractivity contribution is 4.98. The number of aliphatic hydroxyl groups excluding tert-OH is 8. The van der Waals surface area contributed by atoms with Gasteiger partial charge in [-0.3, -0.25) is 0 Å². The molecule has 3 rings (SSSR count). The van der Waals surface area contributed by atoms with E-state index >= 15 is 0 Å². The molecule has 34 heavy (non-hydrogen) atoms. The van der Waals surface area contributed by atoms with Gasteiger partial charge in [-0.15, -0.1) is 0 Å². The van der Waals surface area contributed by atoms with E-state index in [1.165, 1.54) is 0 Å². The van der Waals surface area contributed by atoms with Crippen molar-refractivity contribution >= 4 is 0 Å². The molecule has 3 aliphatic rings. The van der Waals surface area contributed by atoms with Crippen molar-refractivity contribution in [3.63, 3.8) is 0 Å². The lowest BCUT2D eigenvalue weighted by Gasteiger charge is -2.48. The fourth-order valence-corrected chi connectivity index (χ4v) is 4.07. The van der Waals surface area contributed by atoms with E-state index in [9.17, 15) is 40.9 Å². The molecule has 14 N–H and O–H groups in total. The molecule has 16 heteroatoms. The molecule has 0 aliphatic carbocycles. The summed E-state index contributed by atoms with van der Waals surface area (Å²) in [5.41, 5.74) is 17.6. The van der Waals surface area contributed by atoms with Crippen LogP contribution in [0.4, 0.5) is 0 Å². The van der Waals surface area contributed by atoms with Crippen LogP contribution in [0.15, 0.2) is 0 Å². The number of hydrogen-bond donors (Lipinski definition) is 11. The van der Waals surface area contributed by atoms with E-state index in [2.05, 4.69) is 0 Å². The summed E-state index contributed by atoms with van der Waals surface area (Å²) >= 11 is 0. The topological polar surface area (TPSA) is 286 Å². The summed E-state index contributed by atoms with van der Waals surface area (Å²) in [6.45, 7) is -2.44. The molecular formula is C18H35N3O13. The third kappa shape index (κ3) is 5.37. The lowest BCUT2D eigenvalue weighted by Crippen LogP contribution is -2.69. The Bertz CT molecular complexity index is 698. The van der Waals surface area contributed by atoms with E-state index < -0.39 is 112 Å². The Morgan fingerprint density at radius 1 is 0.618 bits per heavy atom. The molecule has 0 amide bonds. The van der Waals surface area contributed by atoms with Crippen molar-refractivity contribution in [2.75, 3.05) is 19.8 Å². The zero-order valence-corrected chi connectivity index (χ0v) is 18.1. The summed E-state index contributed by atoms with van der Waals surface area (Å²) < 4.78 is 35.2. The van der Waals surface area contributed by atoms with Gasteiger partial charge in [0.1, 0.15) is 54.9 Å². The summed E-state index contributed by atoms with van der Waals surface area (Å²) in [5.74, 6) is 0. The maximum absolute atomic E-state index is 10.8. The van der Waals surface area contributed by atoms with Crippen LogP contribution in [-0.4, -0.2) is 153 Å². The predicted molar refractivity (Wildman–Crippen MR) is 107 cm³/mol. The molecule has 3 fully saturated rings. The number of hydrogen-bond acceptors (Lipinski definition) is 16. The summed E-state index contributed by atoms with van der Waals surface area (Å²) in [5, 5.41) is 79.9. The van der Waals surface area contributed by atoms with Gasteiger partial charge in [0, 0.05) is 0 Å². The normalized spacial score (nSPS) is 55.1. The lowest BCUT2D eigenvalue weighted by molar-refractivity contribution is -0.348. The Labute approximate surface area is 195 Å². The maximum atomic E-state index is 10.8. The van der Waals surface area contributed by atoms with E-state index in [1.807, 2.05) is 0 Å². The lowest BCUT2D eigenvalue weighted by atomic mass is 9.94. The molecule has 0 radical (unpaired) electrons. The molecule has 3 aliphatic heterocycles. The second kappa shape index (κ2) is 11.6. The number of rotatable bonds is 7. The molecule has 3 heterocycles. The molecule has 0 aromatic carbocycles. The van der Waals surface area contributed by atoms with Crippen LogP contribution < -0.4 is 17.2 Å². The van der Waals surface area contributed by atoms with Crippen molar-refractivity contribution in [2.45, 2.75) is 91.9 Å². The molecule has 0 aromatic heterocycles. The first-order chi connectivity index (χ1) is 16.4. The highest BCUT2D eigenvalue weighted by Gasteiger charge is 2.52. The first-order valence-corrected chi connectivity index (χ1v) is 10.7. The van der Waals surface area contributed by atoms with Crippen LogP contribution in [0, 0.1) is 0 Å². The Morgan fingerprint density at radius 3 is 1.62 bits per heavy atom. The molecule has 15 atom stereocenters. The third-order valence-corrected chi connectivity index (χ3v) is 6.19. The minimum Gasteiger partial charge on any atom is -0.394 e. The van der Waals surface area contributed by atoms with Gasteiger partial charge in [0.25, 0.3) is 0 Å². The molecule has 200 valence electrons. The van der Waals surface area contributed by atoms with Gasteiger partial charge in [0.05, 0.1) is 39.3 Å². The highest BCUT2D eigenvalue weighted by atomic mass is 16.7. The fourth-order valence-electron chi connectivity index (χ4n) is 4.07. The van der Waals surface area contributed by atoms with Crippen LogP contribution in [0.25, 0.3) is 0 Å². The predicted octanol–water partition coefficient (Wildman–Crippen LogP) is -7.67. The van der Waals surface area contributed by atoms with Crippen molar-refractivity contribution in [1.82, 2.24) is 0 Å². The summed E-state index contributed by atoms with van der Waals surface area (Å²) in [6.07, 6.45) is -19.2. The number of nitrogens with two attached hydrogens (primary N) is 3. The van der Waals surface area contributed by atoms with Crippen LogP contribution in [0.1, 0.15) is 1.37 Å². The summed E-state index contributed by atoms with van der Waals surface area (Å²) in [4.78, 5) is 0. The van der Waals surface area contributed by atoms with Gasteiger partial charge in [-0.05, 0) is 0 Å². The first-order valence-electron chi connectivity index (χ1n) is 11.2. The van der Waals surface area contributed by atoms with Crippen molar-refractivity contribution in [3.05, 3.63) is 0 Å². The zero-order chi connectivity index (χ0) is 26.2. The van der Waals surface area contributed by atoms with Gasteiger partial charge in [-0.2, -0.15) is 0 Å². The highest BCUT2D eigenvalue weighted by Crippen LogP contribution is 2.30. The fraction of sp³-hybridized carbons (Fsp3) is 1.00. The average Bonchev–Trinajstić information content (AvgIpc) is 2.85. The van der Waals surface area contributed by atoms with Crippen molar-refractivity contribution < 1.29 is 65.9 Å². The van der Waals surface area contributed by atoms with Gasteiger partial charge >= 0.3 is 0 Å². The minimum absolute atomic E-state index is 0.671. The first kappa shape index (κ1) is 26.4. The summed E-state index contributed by atoms with van der Waals surface area (Å²) in [7, 11) is 0. The molecule has 3 saturated heterocycles. The SMILES string of the molecule is [2H][C@]1(CO)O[C@@H](OC2[C@@H](CO)O[C@@H](OC3[C@@H](CO)O[C@@H](O)[C@H](N)[C@H]3O)[C@H](N)[C@H]2O)[C@H](N)[C@@H](O)[C@@H]1O. The van der Waals surface area contributed by atoms with E-state index in [0.29, 0.717) is 0 Å². The van der Waals surface area contributed by atoms with Crippen molar-refractivity contribution in [1.29, 1.82) is 0 Å². The summed E-state index contributed by atoms with van der Waals surface area (Å²) in [6, 6.07) is -4.09. The second-order valence-corrected chi connectivity index (χ2v) is 8.43. The van der Waals surface area contributed by atoms with Crippen molar-refractivity contribution in [2.24, 2.45) is 17.2 Å². The van der Waals surface area contributed by atoms with Gasteiger partial charge in [-0.25, -0.2) is 0 Å². The van der Waals surface area contributed by atoms with E-state index in [4.69, 9.17) is 42.3 Å². The molecule has 0 spiro atoms. The number of aliphatic hydroxyl groups is 8. The van der Waals surface area contributed by atoms with Gasteiger partial charge < -0.3 is 81.7 Å². The molecule has 2 unspecified atom stereocenters. The van der Waals surface area contributed by atoms with E-state index in [0.717, 1.165) is 0 Å². The zero-order valence-electron chi connectivity index (χ0n) is 19.1. The molecule has 0 bridgehead atoms. The third-order valence-electron chi connectivity index (χ3n) is 6.19. The Morgan fingerprint density at radius 2 is 1.09 bits per heavy atom. The Balaban J connectivity index is 1.74. The molecule has 0 saturated carbocycles. The van der Waals surface area contributed by atoms with Gasteiger partial charge in [-0.1, -0.05) is 0 Å². The van der Waals surface area contributed by atoms with E-state index in [-0.39, 0.29) is 0 Å². The maximum Gasteiger partial charge on any atom is 0.176 e. The molecular weight excluding hydrogens is 466 g/mol. The smallest absolute Gasteiger partial charge is 0.176 e. The standard InChI is InChI=1S/C18H35N3O13/c19-7-12(27)14(5(2-23)30-16(7)29)33-18-9(21)13(28)15(6(3-24)32-18)34-17-8(20)11(26)10(25)4(1-22)31-17/h4-18,22-29H,1-3,19-21H2/t4-,5-,6-,7-,8-,9-,10-,11-,12-,13-,14?,15?,16-,17+,18+/m1/s1/i4D. The largest absolute Gasteiger partial charge is 0.394 e. The van der Waals surface area contributed by atoms with Crippen LogP contribution in [0.3, 0.4) is 0 Å². The van der Waals surface area contributed by atoms with E-state index in [1.54, 1.807) is 0 Å². The van der Waals surface area contributed by atoms with Gasteiger partial charge in [0.15, 0.2) is 18.9 Å². The second-order valence-electron chi connectivity index (χ2n) is 8.43.